The first-order chi connectivity index (χ1) is 12.1. The number of ether oxygens (including phenoxy) is 1. The van der Waals surface area contributed by atoms with Crippen LogP contribution in [0.2, 0.25) is 5.02 Å². The van der Waals surface area contributed by atoms with Crippen LogP contribution in [0, 0.1) is 0 Å². The number of piperidine rings is 1. The van der Waals surface area contributed by atoms with Gasteiger partial charge in [0.15, 0.2) is 5.78 Å². The normalized spacial score (nSPS) is 27.4. The van der Waals surface area contributed by atoms with Crippen LogP contribution in [-0.4, -0.2) is 47.4 Å². The highest BCUT2D eigenvalue weighted by Gasteiger charge is 2.32. The molecule has 1 aromatic carbocycles. The monoisotopic (exact) mass is 361 g/mol. The summed E-state index contributed by atoms with van der Waals surface area (Å²) in [6.45, 7) is 1.06. The molecule has 1 aromatic rings. The van der Waals surface area contributed by atoms with Crippen LogP contribution in [0.3, 0.4) is 0 Å². The highest BCUT2D eigenvalue weighted by atomic mass is 35.5. The van der Waals surface area contributed by atoms with Crippen LogP contribution in [-0.2, 0) is 4.79 Å². The van der Waals surface area contributed by atoms with Crippen molar-refractivity contribution in [3.8, 4) is 5.75 Å². The highest BCUT2D eigenvalue weighted by molar-refractivity contribution is 6.30. The third-order valence-corrected chi connectivity index (χ3v) is 5.01. The molecule has 1 unspecified atom stereocenters. The molecule has 0 aromatic heterocycles. The molecule has 3 heterocycles. The van der Waals surface area contributed by atoms with E-state index >= 15 is 0 Å². The third kappa shape index (κ3) is 3.42. The number of carbonyl (C=O) groups is 1. The number of carbonyl (C=O) groups excluding carboxylic acids is 1. The highest BCUT2D eigenvalue weighted by Crippen LogP contribution is 2.43. The fourth-order valence-corrected chi connectivity index (χ4v) is 3.69. The fourth-order valence-electron chi connectivity index (χ4n) is 3.51. The van der Waals surface area contributed by atoms with E-state index in [0.717, 1.165) is 30.7 Å². The molecule has 3 atom stereocenters. The Morgan fingerprint density at radius 1 is 1.48 bits per heavy atom. The molecule has 2 N–H and O–H groups in total. The first kappa shape index (κ1) is 16.6. The average Bonchev–Trinajstić information content (AvgIpc) is 2.94. The number of nitrogens with one attached hydrogen (secondary N) is 1. The standard InChI is InChI=1S/C18H20ClN3O3/c19-11-3-4-16-13(6-11)18-17(25-16)9-22(10-21-18)8-12(23)7-14-15(24)2-1-5-20-14/h3-4,6,9-10,14-15,18,20,24H,1-2,5,7-8H2/t14-,15+,18?/m1/s1. The molecule has 0 amide bonds. The predicted octanol–water partition coefficient (Wildman–Crippen LogP) is 2.03. The van der Waals surface area contributed by atoms with Crippen LogP contribution in [0.25, 0.3) is 0 Å². The number of ketones is 1. The van der Waals surface area contributed by atoms with E-state index in [0.29, 0.717) is 17.2 Å². The van der Waals surface area contributed by atoms with Gasteiger partial charge in [0.1, 0.15) is 17.6 Å². The quantitative estimate of drug-likeness (QED) is 0.858. The summed E-state index contributed by atoms with van der Waals surface area (Å²) in [5.41, 5.74) is 0.940. The van der Waals surface area contributed by atoms with E-state index in [4.69, 9.17) is 16.3 Å². The van der Waals surface area contributed by atoms with Crippen molar-refractivity contribution < 1.29 is 14.6 Å². The number of hydrogen-bond acceptors (Lipinski definition) is 6. The maximum Gasteiger partial charge on any atom is 0.154 e. The van der Waals surface area contributed by atoms with Crippen LogP contribution in [0.5, 0.6) is 5.75 Å². The number of benzene rings is 1. The van der Waals surface area contributed by atoms with Crippen molar-refractivity contribution in [3.05, 3.63) is 40.7 Å². The van der Waals surface area contributed by atoms with Gasteiger partial charge < -0.3 is 20.1 Å². The van der Waals surface area contributed by atoms with Crippen molar-refractivity contribution in [2.75, 3.05) is 13.1 Å². The lowest BCUT2D eigenvalue weighted by Crippen LogP contribution is -2.46. The van der Waals surface area contributed by atoms with Gasteiger partial charge in [0.2, 0.25) is 0 Å². The van der Waals surface area contributed by atoms with E-state index in [2.05, 4.69) is 10.3 Å². The Kier molecular flexibility index (Phi) is 4.50. The molecule has 6 nitrogen and oxygen atoms in total. The number of hydrogen-bond donors (Lipinski definition) is 2. The number of fused-ring (bicyclic) bond motifs is 3. The maximum absolute atomic E-state index is 12.3. The Balaban J connectivity index is 1.39. The second-order valence-electron chi connectivity index (χ2n) is 6.67. The molecular weight excluding hydrogens is 342 g/mol. The van der Waals surface area contributed by atoms with Gasteiger partial charge in [-0.1, -0.05) is 11.6 Å². The molecule has 1 fully saturated rings. The Hall–Kier alpha value is -1.89. The average molecular weight is 362 g/mol. The van der Waals surface area contributed by atoms with Crippen LogP contribution >= 0.6 is 11.6 Å². The molecule has 25 heavy (non-hydrogen) atoms. The van der Waals surface area contributed by atoms with Gasteiger partial charge in [0, 0.05) is 29.2 Å². The Labute approximate surface area is 151 Å². The maximum atomic E-state index is 12.3. The minimum absolute atomic E-state index is 0.0544. The molecule has 3 aliphatic rings. The zero-order valence-electron chi connectivity index (χ0n) is 13.7. The van der Waals surface area contributed by atoms with Gasteiger partial charge in [0.05, 0.1) is 19.0 Å². The zero-order valence-corrected chi connectivity index (χ0v) is 14.4. The van der Waals surface area contributed by atoms with Gasteiger partial charge in [0.25, 0.3) is 0 Å². The van der Waals surface area contributed by atoms with E-state index in [1.54, 1.807) is 17.3 Å². The molecule has 0 aliphatic carbocycles. The molecular formula is C18H20ClN3O3. The minimum atomic E-state index is -0.451. The summed E-state index contributed by atoms with van der Waals surface area (Å²) >= 11 is 6.05. The van der Waals surface area contributed by atoms with E-state index in [1.165, 1.54) is 0 Å². The second kappa shape index (κ2) is 6.78. The van der Waals surface area contributed by atoms with Crippen molar-refractivity contribution in [1.82, 2.24) is 10.2 Å². The molecule has 7 heteroatoms. The Morgan fingerprint density at radius 3 is 3.20 bits per heavy atom. The van der Waals surface area contributed by atoms with Crippen molar-refractivity contribution in [2.45, 2.75) is 37.5 Å². The molecule has 0 radical (unpaired) electrons. The summed E-state index contributed by atoms with van der Waals surface area (Å²) in [4.78, 5) is 18.6. The largest absolute Gasteiger partial charge is 0.457 e. The van der Waals surface area contributed by atoms with E-state index in [-0.39, 0.29) is 24.4 Å². The number of Topliss-reactive ketones (excluding diaryl/α,β-unsaturated/α-hetero) is 1. The smallest absolute Gasteiger partial charge is 0.154 e. The molecule has 1 saturated heterocycles. The molecule has 3 aliphatic heterocycles. The number of aliphatic hydroxyl groups excluding tert-OH is 1. The van der Waals surface area contributed by atoms with Crippen molar-refractivity contribution in [3.63, 3.8) is 0 Å². The number of nitrogens with zero attached hydrogens (tertiary/aromatic N) is 2. The van der Waals surface area contributed by atoms with Gasteiger partial charge in [-0.2, -0.15) is 0 Å². The Morgan fingerprint density at radius 2 is 2.36 bits per heavy atom. The van der Waals surface area contributed by atoms with E-state index in [9.17, 15) is 9.90 Å². The zero-order chi connectivity index (χ0) is 17.4. The summed E-state index contributed by atoms with van der Waals surface area (Å²) in [6, 6.07) is 5.12. The predicted molar refractivity (Wildman–Crippen MR) is 94.8 cm³/mol. The van der Waals surface area contributed by atoms with Crippen LogP contribution in [0.1, 0.15) is 30.9 Å². The molecule has 132 valence electrons. The van der Waals surface area contributed by atoms with Crippen molar-refractivity contribution in [1.29, 1.82) is 0 Å². The minimum Gasteiger partial charge on any atom is -0.457 e. The number of aliphatic imine (C=N–C) groups is 1. The number of aliphatic hydroxyl groups is 1. The van der Waals surface area contributed by atoms with Gasteiger partial charge in [-0.3, -0.25) is 9.79 Å². The summed E-state index contributed by atoms with van der Waals surface area (Å²) < 4.78 is 5.83. The molecule has 0 bridgehead atoms. The summed E-state index contributed by atoms with van der Waals surface area (Å²) in [6.07, 6.45) is 5.03. The van der Waals surface area contributed by atoms with Crippen LogP contribution < -0.4 is 10.1 Å². The van der Waals surface area contributed by atoms with Crippen molar-refractivity contribution >= 4 is 23.7 Å². The number of rotatable bonds is 4. The van der Waals surface area contributed by atoms with E-state index in [1.807, 2.05) is 18.3 Å². The second-order valence-corrected chi connectivity index (χ2v) is 7.10. The SMILES string of the molecule is O=C(C[C@H]1NCCC[C@@H]1O)CN1C=NC2C(=C1)Oc1ccc(Cl)cc12. The van der Waals surface area contributed by atoms with Crippen LogP contribution in [0.4, 0.5) is 0 Å². The lowest BCUT2D eigenvalue weighted by atomic mass is 9.97. The fraction of sp³-hybridized carbons (Fsp3) is 0.444. The van der Waals surface area contributed by atoms with E-state index < -0.39 is 6.10 Å². The van der Waals surface area contributed by atoms with Gasteiger partial charge in [-0.25, -0.2) is 0 Å². The summed E-state index contributed by atoms with van der Waals surface area (Å²) in [5.74, 6) is 1.50. The lowest BCUT2D eigenvalue weighted by molar-refractivity contribution is -0.120. The summed E-state index contributed by atoms with van der Waals surface area (Å²) in [7, 11) is 0. The molecule has 0 saturated carbocycles. The number of halogens is 1. The first-order valence-electron chi connectivity index (χ1n) is 8.51. The molecule has 4 rings (SSSR count). The molecule has 0 spiro atoms. The first-order valence-corrected chi connectivity index (χ1v) is 8.89. The van der Waals surface area contributed by atoms with Crippen LogP contribution in [0.15, 0.2) is 35.2 Å². The topological polar surface area (TPSA) is 74.2 Å². The summed E-state index contributed by atoms with van der Waals surface area (Å²) in [5, 5.41) is 13.8. The van der Waals surface area contributed by atoms with Crippen molar-refractivity contribution in [2.24, 2.45) is 4.99 Å². The lowest BCUT2D eigenvalue weighted by Gasteiger charge is -2.29. The Bertz CT molecular complexity index is 749. The third-order valence-electron chi connectivity index (χ3n) is 4.78. The van der Waals surface area contributed by atoms with Gasteiger partial charge >= 0.3 is 0 Å². The van der Waals surface area contributed by atoms with Gasteiger partial charge in [-0.15, -0.1) is 0 Å². The van der Waals surface area contributed by atoms with Gasteiger partial charge in [-0.05, 0) is 37.6 Å².